The predicted octanol–water partition coefficient (Wildman–Crippen LogP) is 1.44. The number of carbonyl (C=O) groups is 2. The Morgan fingerprint density at radius 3 is 2.38 bits per heavy atom. The van der Waals surface area contributed by atoms with Crippen LogP contribution in [0.25, 0.3) is 0 Å². The lowest BCUT2D eigenvalue weighted by molar-refractivity contribution is -0.146. The van der Waals surface area contributed by atoms with Gasteiger partial charge in [-0.2, -0.15) is 0 Å². The zero-order valence-electron chi connectivity index (χ0n) is 8.08. The smallest absolute Gasteiger partial charge is 0.308 e. The van der Waals surface area contributed by atoms with E-state index >= 15 is 0 Å². The lowest BCUT2D eigenvalue weighted by atomic mass is 9.98. The van der Waals surface area contributed by atoms with Gasteiger partial charge in [-0.05, 0) is 12.8 Å². The summed E-state index contributed by atoms with van der Waals surface area (Å²) in [4.78, 5) is 21.4. The Balaban J connectivity index is 3.93. The summed E-state index contributed by atoms with van der Waals surface area (Å²) in [7, 11) is 1.33. The number of methoxy groups -OCH3 is 1. The fourth-order valence-corrected chi connectivity index (χ4v) is 1.19. The van der Waals surface area contributed by atoms with Gasteiger partial charge in [-0.1, -0.05) is 13.3 Å². The maximum atomic E-state index is 11.1. The number of aliphatic carboxylic acids is 1. The summed E-state index contributed by atoms with van der Waals surface area (Å²) < 4.78 is 4.57. The van der Waals surface area contributed by atoms with Crippen molar-refractivity contribution in [3.8, 4) is 0 Å². The summed E-state index contributed by atoms with van der Waals surface area (Å²) in [6.45, 7) is 1.96. The van der Waals surface area contributed by atoms with E-state index in [0.29, 0.717) is 12.8 Å². The van der Waals surface area contributed by atoms with Crippen molar-refractivity contribution in [2.24, 2.45) is 5.92 Å². The molecule has 4 heteroatoms. The molecule has 0 aromatic carbocycles. The van der Waals surface area contributed by atoms with Gasteiger partial charge >= 0.3 is 11.9 Å². The van der Waals surface area contributed by atoms with Crippen molar-refractivity contribution in [2.75, 3.05) is 7.11 Å². The summed E-state index contributed by atoms with van der Waals surface area (Å²) in [5.41, 5.74) is 0. The van der Waals surface area contributed by atoms with Crippen LogP contribution >= 0.6 is 0 Å². The van der Waals surface area contributed by atoms with Crippen molar-refractivity contribution in [3.63, 3.8) is 0 Å². The molecule has 0 aliphatic rings. The maximum Gasteiger partial charge on any atom is 0.308 e. The molecule has 0 rings (SSSR count). The molecular weight excluding hydrogens is 172 g/mol. The van der Waals surface area contributed by atoms with E-state index in [1.54, 1.807) is 0 Å². The minimum Gasteiger partial charge on any atom is -0.481 e. The third-order valence-electron chi connectivity index (χ3n) is 1.88. The van der Waals surface area contributed by atoms with E-state index in [9.17, 15) is 9.59 Å². The van der Waals surface area contributed by atoms with Gasteiger partial charge in [-0.25, -0.2) is 0 Å². The summed E-state index contributed by atoms with van der Waals surface area (Å²) in [5, 5.41) is 8.43. The van der Waals surface area contributed by atoms with E-state index in [1.807, 2.05) is 6.92 Å². The summed E-state index contributed by atoms with van der Waals surface area (Å²) in [5.74, 6) is -1.43. The highest BCUT2D eigenvalue weighted by Gasteiger charge is 2.18. The van der Waals surface area contributed by atoms with Gasteiger partial charge in [0.05, 0.1) is 13.0 Å². The molecule has 0 aliphatic heterocycles. The number of esters is 1. The third-order valence-corrected chi connectivity index (χ3v) is 1.88. The highest BCUT2D eigenvalue weighted by atomic mass is 16.5. The van der Waals surface area contributed by atoms with Crippen LogP contribution in [0, 0.1) is 5.92 Å². The molecule has 76 valence electrons. The van der Waals surface area contributed by atoms with Crippen LogP contribution in [-0.4, -0.2) is 24.2 Å². The number of ether oxygens (including phenoxy) is 1. The Hall–Kier alpha value is -1.06. The van der Waals surface area contributed by atoms with Crippen LogP contribution < -0.4 is 0 Å². The number of hydrogen-bond donors (Lipinski definition) is 1. The first-order valence-corrected chi connectivity index (χ1v) is 4.41. The second-order valence-corrected chi connectivity index (χ2v) is 2.94. The fourth-order valence-electron chi connectivity index (χ4n) is 1.19. The first-order chi connectivity index (χ1) is 6.11. The van der Waals surface area contributed by atoms with Crippen LogP contribution in [0.1, 0.15) is 32.6 Å². The van der Waals surface area contributed by atoms with Gasteiger partial charge in [-0.3, -0.25) is 9.59 Å². The van der Waals surface area contributed by atoms with Gasteiger partial charge < -0.3 is 9.84 Å². The molecule has 0 spiro atoms. The van der Waals surface area contributed by atoms with Gasteiger partial charge in [0, 0.05) is 6.42 Å². The maximum absolute atomic E-state index is 11.1. The zero-order valence-corrected chi connectivity index (χ0v) is 8.08. The van der Waals surface area contributed by atoms with Gasteiger partial charge in [-0.15, -0.1) is 0 Å². The third kappa shape index (κ3) is 5.22. The molecule has 0 aliphatic carbocycles. The quantitative estimate of drug-likeness (QED) is 0.640. The second kappa shape index (κ2) is 6.46. The average Bonchev–Trinajstić information content (AvgIpc) is 2.10. The predicted molar refractivity (Wildman–Crippen MR) is 47.3 cm³/mol. The topological polar surface area (TPSA) is 63.6 Å². The monoisotopic (exact) mass is 188 g/mol. The average molecular weight is 188 g/mol. The highest BCUT2D eigenvalue weighted by Crippen LogP contribution is 2.14. The molecule has 1 atom stereocenters. The molecule has 0 fully saturated rings. The molecule has 0 heterocycles. The van der Waals surface area contributed by atoms with Crippen molar-refractivity contribution in [1.82, 2.24) is 0 Å². The van der Waals surface area contributed by atoms with E-state index < -0.39 is 5.97 Å². The van der Waals surface area contributed by atoms with Crippen molar-refractivity contribution in [1.29, 1.82) is 0 Å². The Kier molecular flexibility index (Phi) is 5.93. The zero-order chi connectivity index (χ0) is 10.3. The molecule has 1 unspecified atom stereocenters. The number of carboxylic acids is 1. The summed E-state index contributed by atoms with van der Waals surface area (Å²) >= 11 is 0. The number of hydrogen-bond acceptors (Lipinski definition) is 3. The van der Waals surface area contributed by atoms with Gasteiger partial charge in [0.2, 0.25) is 0 Å². The first kappa shape index (κ1) is 11.9. The van der Waals surface area contributed by atoms with Crippen molar-refractivity contribution < 1.29 is 19.4 Å². The van der Waals surface area contributed by atoms with E-state index in [0.717, 1.165) is 6.42 Å². The fraction of sp³-hybridized carbons (Fsp3) is 0.778. The van der Waals surface area contributed by atoms with Crippen molar-refractivity contribution in [3.05, 3.63) is 0 Å². The lowest BCUT2D eigenvalue weighted by Crippen LogP contribution is -2.17. The molecule has 4 nitrogen and oxygen atoms in total. The van der Waals surface area contributed by atoms with Crippen LogP contribution in [0.4, 0.5) is 0 Å². The number of carboxylic acid groups (broad SMARTS) is 1. The molecule has 13 heavy (non-hydrogen) atoms. The molecule has 0 saturated heterocycles. The molecule has 0 radical (unpaired) electrons. The SMILES string of the molecule is CCCC(CCC(=O)O)C(=O)OC. The molecular formula is C9H16O4. The van der Waals surface area contributed by atoms with Gasteiger partial charge in [0.1, 0.15) is 0 Å². The number of rotatable bonds is 6. The minimum atomic E-state index is -0.870. The lowest BCUT2D eigenvalue weighted by Gasteiger charge is -2.11. The Bertz CT molecular complexity index is 176. The normalized spacial score (nSPS) is 12.2. The van der Waals surface area contributed by atoms with Crippen LogP contribution in [-0.2, 0) is 14.3 Å². The largest absolute Gasteiger partial charge is 0.481 e. The molecule has 0 aromatic rings. The van der Waals surface area contributed by atoms with Crippen molar-refractivity contribution in [2.45, 2.75) is 32.6 Å². The molecule has 0 amide bonds. The van der Waals surface area contributed by atoms with Crippen LogP contribution in [0.5, 0.6) is 0 Å². The summed E-state index contributed by atoms with van der Waals surface area (Å²) in [6.07, 6.45) is 1.95. The van der Waals surface area contributed by atoms with Gasteiger partial charge in [0.15, 0.2) is 0 Å². The van der Waals surface area contributed by atoms with E-state index in [4.69, 9.17) is 5.11 Å². The van der Waals surface area contributed by atoms with Crippen molar-refractivity contribution >= 4 is 11.9 Å². The Morgan fingerprint density at radius 2 is 2.00 bits per heavy atom. The summed E-state index contributed by atoms with van der Waals surface area (Å²) in [6, 6.07) is 0. The van der Waals surface area contributed by atoms with Crippen LogP contribution in [0.2, 0.25) is 0 Å². The first-order valence-electron chi connectivity index (χ1n) is 4.41. The Morgan fingerprint density at radius 1 is 1.38 bits per heavy atom. The van der Waals surface area contributed by atoms with E-state index in [2.05, 4.69) is 4.74 Å². The molecule has 0 bridgehead atoms. The van der Waals surface area contributed by atoms with Gasteiger partial charge in [0.25, 0.3) is 0 Å². The Labute approximate surface area is 77.9 Å². The van der Waals surface area contributed by atoms with E-state index in [1.165, 1.54) is 7.11 Å². The number of carbonyl (C=O) groups excluding carboxylic acids is 1. The van der Waals surface area contributed by atoms with E-state index in [-0.39, 0.29) is 18.3 Å². The van der Waals surface area contributed by atoms with Crippen LogP contribution in [0.15, 0.2) is 0 Å². The minimum absolute atomic E-state index is 0.0275. The molecule has 0 saturated carbocycles. The second-order valence-electron chi connectivity index (χ2n) is 2.94. The van der Waals surface area contributed by atoms with Crippen LogP contribution in [0.3, 0.4) is 0 Å². The molecule has 0 aromatic heterocycles. The highest BCUT2D eigenvalue weighted by molar-refractivity contribution is 5.73. The standard InChI is InChI=1S/C9H16O4/c1-3-4-7(9(12)13-2)5-6-8(10)11/h7H,3-6H2,1-2H3,(H,10,11). The molecule has 1 N–H and O–H groups in total.